The number of halogens is 1. The molecule has 98 valence electrons. The number of H-pyrrole nitrogens is 1. The van der Waals surface area contributed by atoms with E-state index in [1.165, 1.54) is 0 Å². The molecule has 0 aliphatic heterocycles. The average molecular weight is 313 g/mol. The zero-order valence-corrected chi connectivity index (χ0v) is 12.0. The predicted octanol–water partition coefficient (Wildman–Crippen LogP) is 2.37. The van der Waals surface area contributed by atoms with E-state index >= 15 is 0 Å². The molecule has 1 saturated carbocycles. The summed E-state index contributed by atoms with van der Waals surface area (Å²) in [6.45, 7) is 1.95. The van der Waals surface area contributed by atoms with Crippen LogP contribution in [0.1, 0.15) is 48.7 Å². The Kier molecular flexibility index (Phi) is 4.22. The maximum Gasteiger partial charge on any atom is 0.261 e. The Balaban J connectivity index is 2.19. The van der Waals surface area contributed by atoms with Gasteiger partial charge in [0.1, 0.15) is 5.56 Å². The quantitative estimate of drug-likeness (QED) is 0.900. The lowest BCUT2D eigenvalue weighted by atomic mass is 10.2. The Morgan fingerprint density at radius 2 is 2.17 bits per heavy atom. The van der Waals surface area contributed by atoms with Crippen molar-refractivity contribution in [3.05, 3.63) is 32.2 Å². The number of aryl methyl sites for hydroxylation is 1. The summed E-state index contributed by atoms with van der Waals surface area (Å²) in [5.74, 6) is -0.272. The summed E-state index contributed by atoms with van der Waals surface area (Å²) < 4.78 is 0.779. The van der Waals surface area contributed by atoms with Gasteiger partial charge >= 0.3 is 0 Å². The molecule has 1 fully saturated rings. The molecule has 2 N–H and O–H groups in total. The summed E-state index contributed by atoms with van der Waals surface area (Å²) in [7, 11) is 0. The van der Waals surface area contributed by atoms with Crippen LogP contribution < -0.4 is 10.9 Å². The first-order valence-electron chi connectivity index (χ1n) is 6.34. The first kappa shape index (κ1) is 13.3. The largest absolute Gasteiger partial charge is 0.349 e. The van der Waals surface area contributed by atoms with E-state index in [2.05, 4.69) is 26.2 Å². The lowest BCUT2D eigenvalue weighted by Gasteiger charge is -2.12. The molecule has 1 heterocycles. The Morgan fingerprint density at radius 1 is 1.50 bits per heavy atom. The van der Waals surface area contributed by atoms with Crippen LogP contribution in [0, 0.1) is 0 Å². The van der Waals surface area contributed by atoms with Crippen LogP contribution in [0.5, 0.6) is 0 Å². The fourth-order valence-electron chi connectivity index (χ4n) is 2.30. The summed E-state index contributed by atoms with van der Waals surface area (Å²) in [4.78, 5) is 26.6. The minimum absolute atomic E-state index is 0.186. The topological polar surface area (TPSA) is 62.0 Å². The van der Waals surface area contributed by atoms with Gasteiger partial charge in [-0.1, -0.05) is 19.8 Å². The Morgan fingerprint density at radius 3 is 2.78 bits per heavy atom. The van der Waals surface area contributed by atoms with Gasteiger partial charge in [0.05, 0.1) is 0 Å². The molecule has 0 spiro atoms. The van der Waals surface area contributed by atoms with Crippen molar-refractivity contribution < 1.29 is 4.79 Å². The molecule has 1 aliphatic carbocycles. The highest BCUT2D eigenvalue weighted by atomic mass is 79.9. The van der Waals surface area contributed by atoms with Gasteiger partial charge in [-0.25, -0.2) is 0 Å². The molecule has 1 amide bonds. The van der Waals surface area contributed by atoms with Crippen molar-refractivity contribution in [2.45, 2.75) is 45.1 Å². The van der Waals surface area contributed by atoms with Crippen LogP contribution in [0.3, 0.4) is 0 Å². The van der Waals surface area contributed by atoms with Crippen LogP contribution >= 0.6 is 15.9 Å². The van der Waals surface area contributed by atoms with E-state index < -0.39 is 0 Å². The van der Waals surface area contributed by atoms with E-state index in [1.807, 2.05) is 6.92 Å². The van der Waals surface area contributed by atoms with Crippen LogP contribution in [-0.2, 0) is 6.42 Å². The van der Waals surface area contributed by atoms with Crippen LogP contribution in [-0.4, -0.2) is 16.9 Å². The van der Waals surface area contributed by atoms with E-state index in [1.54, 1.807) is 6.07 Å². The Bertz CT molecular complexity index is 504. The normalized spacial score (nSPS) is 15.9. The molecule has 2 rings (SSSR count). The van der Waals surface area contributed by atoms with Crippen molar-refractivity contribution in [2.24, 2.45) is 0 Å². The second kappa shape index (κ2) is 5.69. The van der Waals surface area contributed by atoms with E-state index in [0.29, 0.717) is 0 Å². The fraction of sp³-hybridized carbons (Fsp3) is 0.538. The van der Waals surface area contributed by atoms with Crippen molar-refractivity contribution in [1.82, 2.24) is 10.3 Å². The Labute approximate surface area is 114 Å². The van der Waals surface area contributed by atoms with E-state index in [4.69, 9.17) is 0 Å². The van der Waals surface area contributed by atoms with Gasteiger partial charge in [-0.2, -0.15) is 0 Å². The molecule has 5 heteroatoms. The summed E-state index contributed by atoms with van der Waals surface area (Å²) in [6, 6.07) is 1.84. The second-order valence-corrected chi connectivity index (χ2v) is 5.50. The second-order valence-electron chi connectivity index (χ2n) is 4.65. The molecular formula is C13H17BrN2O2. The van der Waals surface area contributed by atoms with Gasteiger partial charge in [-0.15, -0.1) is 0 Å². The van der Waals surface area contributed by atoms with Crippen molar-refractivity contribution in [3.8, 4) is 0 Å². The maximum absolute atomic E-state index is 12.0. The van der Waals surface area contributed by atoms with E-state index in [0.717, 1.165) is 42.3 Å². The third kappa shape index (κ3) is 2.83. The number of nitrogens with one attached hydrogen (secondary N) is 2. The fourth-order valence-corrected chi connectivity index (χ4v) is 2.91. The highest BCUT2D eigenvalue weighted by Gasteiger charge is 2.20. The number of carbonyl (C=O) groups is 1. The van der Waals surface area contributed by atoms with Gasteiger partial charge in [-0.3, -0.25) is 9.59 Å². The van der Waals surface area contributed by atoms with Crippen LogP contribution in [0.15, 0.2) is 15.3 Å². The molecule has 0 bridgehead atoms. The molecule has 1 aromatic rings. The average Bonchev–Trinajstić information content (AvgIpc) is 2.84. The number of hydrogen-bond donors (Lipinski definition) is 2. The van der Waals surface area contributed by atoms with Crippen LogP contribution in [0.2, 0.25) is 0 Å². The molecule has 1 aliphatic rings. The molecule has 0 saturated heterocycles. The third-order valence-electron chi connectivity index (χ3n) is 3.36. The van der Waals surface area contributed by atoms with Gasteiger partial charge in [-0.05, 0) is 41.3 Å². The monoisotopic (exact) mass is 312 g/mol. The number of rotatable bonds is 3. The molecule has 0 unspecified atom stereocenters. The van der Waals surface area contributed by atoms with Crippen LogP contribution in [0.4, 0.5) is 0 Å². The van der Waals surface area contributed by atoms with Crippen LogP contribution in [0.25, 0.3) is 0 Å². The molecule has 1 aromatic heterocycles. The minimum atomic E-state index is -0.314. The first-order valence-corrected chi connectivity index (χ1v) is 7.13. The van der Waals surface area contributed by atoms with Gasteiger partial charge in [0, 0.05) is 16.2 Å². The summed E-state index contributed by atoms with van der Waals surface area (Å²) in [5.41, 5.74) is 0.689. The predicted molar refractivity (Wildman–Crippen MR) is 73.9 cm³/mol. The smallest absolute Gasteiger partial charge is 0.261 e. The SMILES string of the molecule is CCc1[nH]c(=O)c(C(=O)NC2CCCC2)cc1Br. The van der Waals surface area contributed by atoms with Gasteiger partial charge in [0.25, 0.3) is 11.5 Å². The highest BCUT2D eigenvalue weighted by molar-refractivity contribution is 9.10. The summed E-state index contributed by atoms with van der Waals surface area (Å²) in [6.07, 6.45) is 5.05. The van der Waals surface area contributed by atoms with Crippen molar-refractivity contribution in [3.63, 3.8) is 0 Å². The lowest BCUT2D eigenvalue weighted by molar-refractivity contribution is 0.0936. The zero-order valence-electron chi connectivity index (χ0n) is 10.4. The van der Waals surface area contributed by atoms with E-state index in [9.17, 15) is 9.59 Å². The molecule has 18 heavy (non-hydrogen) atoms. The molecule has 0 atom stereocenters. The summed E-state index contributed by atoms with van der Waals surface area (Å²) >= 11 is 3.37. The van der Waals surface area contributed by atoms with E-state index in [-0.39, 0.29) is 23.1 Å². The minimum Gasteiger partial charge on any atom is -0.349 e. The Hall–Kier alpha value is -1.10. The highest BCUT2D eigenvalue weighted by Crippen LogP contribution is 2.18. The number of hydrogen-bond acceptors (Lipinski definition) is 2. The lowest BCUT2D eigenvalue weighted by Crippen LogP contribution is -2.36. The van der Waals surface area contributed by atoms with Crippen molar-refractivity contribution >= 4 is 21.8 Å². The molecule has 0 aromatic carbocycles. The zero-order chi connectivity index (χ0) is 13.1. The standard InChI is InChI=1S/C13H17BrN2O2/c1-2-11-10(14)7-9(13(18)16-11)12(17)15-8-5-3-4-6-8/h7-8H,2-6H2,1H3,(H,15,17)(H,16,18). The molecular weight excluding hydrogens is 296 g/mol. The van der Waals surface area contributed by atoms with Gasteiger partial charge in [0.15, 0.2) is 0 Å². The van der Waals surface area contributed by atoms with Crippen molar-refractivity contribution in [1.29, 1.82) is 0 Å². The number of amides is 1. The molecule has 4 nitrogen and oxygen atoms in total. The number of carbonyl (C=O) groups excluding carboxylic acids is 1. The van der Waals surface area contributed by atoms with Gasteiger partial charge < -0.3 is 10.3 Å². The summed E-state index contributed by atoms with van der Waals surface area (Å²) in [5, 5.41) is 2.92. The van der Waals surface area contributed by atoms with Crippen molar-refractivity contribution in [2.75, 3.05) is 0 Å². The molecule has 0 radical (unpaired) electrons. The third-order valence-corrected chi connectivity index (χ3v) is 4.06. The number of aromatic nitrogens is 1. The number of pyridine rings is 1. The first-order chi connectivity index (χ1) is 8.61. The van der Waals surface area contributed by atoms with Gasteiger partial charge in [0.2, 0.25) is 0 Å². The number of aromatic amines is 1. The maximum atomic E-state index is 12.0.